The van der Waals surface area contributed by atoms with E-state index in [1.807, 2.05) is 31.2 Å². The summed E-state index contributed by atoms with van der Waals surface area (Å²) in [5.41, 5.74) is 1.80. The summed E-state index contributed by atoms with van der Waals surface area (Å²) >= 11 is 0. The molecule has 0 aliphatic heterocycles. The number of amides is 1. The van der Waals surface area contributed by atoms with Crippen LogP contribution in [0.2, 0.25) is 0 Å². The lowest BCUT2D eigenvalue weighted by Crippen LogP contribution is -2.14. The molecule has 1 N–H and O–H groups in total. The van der Waals surface area contributed by atoms with E-state index >= 15 is 0 Å². The van der Waals surface area contributed by atoms with Crippen LogP contribution in [0.4, 0.5) is 5.69 Å². The van der Waals surface area contributed by atoms with Gasteiger partial charge in [-0.1, -0.05) is 24.3 Å². The van der Waals surface area contributed by atoms with Crippen LogP contribution in [0.5, 0.6) is 11.5 Å². The number of aryl methyl sites for hydroxylation is 1. The quantitative estimate of drug-likeness (QED) is 0.539. The van der Waals surface area contributed by atoms with Crippen molar-refractivity contribution in [1.29, 1.82) is 0 Å². The SMILES string of the molecule is Cc1cccc(Oc2ccc(NC(=O)c3cc(=O)c4ccccc4o3)cc2)c1. The summed E-state index contributed by atoms with van der Waals surface area (Å²) in [4.78, 5) is 24.6. The third-order valence-corrected chi connectivity index (χ3v) is 4.20. The first-order valence-corrected chi connectivity index (χ1v) is 8.77. The maximum Gasteiger partial charge on any atom is 0.291 e. The fourth-order valence-corrected chi connectivity index (χ4v) is 2.83. The molecule has 5 heteroatoms. The van der Waals surface area contributed by atoms with Crippen LogP contribution in [-0.4, -0.2) is 5.91 Å². The van der Waals surface area contributed by atoms with E-state index in [2.05, 4.69) is 5.32 Å². The Morgan fingerprint density at radius 1 is 0.893 bits per heavy atom. The van der Waals surface area contributed by atoms with Gasteiger partial charge in [0.1, 0.15) is 17.1 Å². The van der Waals surface area contributed by atoms with Crippen LogP contribution in [0.15, 0.2) is 88.1 Å². The topological polar surface area (TPSA) is 68.5 Å². The Balaban J connectivity index is 1.50. The number of hydrogen-bond acceptors (Lipinski definition) is 4. The van der Waals surface area contributed by atoms with E-state index in [0.29, 0.717) is 22.4 Å². The summed E-state index contributed by atoms with van der Waals surface area (Å²) in [6, 6.07) is 22.7. The van der Waals surface area contributed by atoms with E-state index in [-0.39, 0.29) is 11.2 Å². The molecule has 0 atom stereocenters. The van der Waals surface area contributed by atoms with Crippen molar-refractivity contribution in [1.82, 2.24) is 0 Å². The van der Waals surface area contributed by atoms with Crippen LogP contribution in [0.1, 0.15) is 16.1 Å². The molecule has 0 bridgehead atoms. The van der Waals surface area contributed by atoms with Gasteiger partial charge in [0, 0.05) is 11.8 Å². The second-order valence-corrected chi connectivity index (χ2v) is 6.37. The van der Waals surface area contributed by atoms with Gasteiger partial charge in [-0.15, -0.1) is 0 Å². The first kappa shape index (κ1) is 17.5. The van der Waals surface area contributed by atoms with Crippen molar-refractivity contribution >= 4 is 22.6 Å². The first-order valence-electron chi connectivity index (χ1n) is 8.77. The summed E-state index contributed by atoms with van der Waals surface area (Å²) in [5, 5.41) is 3.16. The van der Waals surface area contributed by atoms with E-state index in [1.54, 1.807) is 48.5 Å². The van der Waals surface area contributed by atoms with Crippen molar-refractivity contribution in [2.24, 2.45) is 0 Å². The molecular weight excluding hydrogens is 354 g/mol. The maximum absolute atomic E-state index is 12.4. The lowest BCUT2D eigenvalue weighted by atomic mass is 10.2. The molecule has 5 nitrogen and oxygen atoms in total. The number of carbonyl (C=O) groups excluding carboxylic acids is 1. The average molecular weight is 371 g/mol. The Morgan fingerprint density at radius 3 is 2.46 bits per heavy atom. The molecule has 0 aliphatic rings. The zero-order chi connectivity index (χ0) is 19.5. The molecule has 1 aromatic heterocycles. The number of carbonyl (C=O) groups is 1. The second-order valence-electron chi connectivity index (χ2n) is 6.37. The number of anilines is 1. The minimum absolute atomic E-state index is 0.0382. The average Bonchev–Trinajstić information content (AvgIpc) is 2.69. The molecule has 0 radical (unpaired) electrons. The molecule has 4 rings (SSSR count). The molecule has 1 heterocycles. The highest BCUT2D eigenvalue weighted by Gasteiger charge is 2.12. The molecule has 28 heavy (non-hydrogen) atoms. The molecule has 0 saturated carbocycles. The lowest BCUT2D eigenvalue weighted by Gasteiger charge is -2.08. The molecule has 0 unspecified atom stereocenters. The summed E-state index contributed by atoms with van der Waals surface area (Å²) in [6.07, 6.45) is 0. The van der Waals surface area contributed by atoms with Crippen molar-refractivity contribution < 1.29 is 13.9 Å². The Bertz CT molecular complexity index is 1210. The van der Waals surface area contributed by atoms with Crippen molar-refractivity contribution in [3.63, 3.8) is 0 Å². The maximum atomic E-state index is 12.4. The molecule has 0 saturated heterocycles. The minimum Gasteiger partial charge on any atom is -0.457 e. The van der Waals surface area contributed by atoms with Gasteiger partial charge in [0.05, 0.1) is 5.39 Å². The van der Waals surface area contributed by atoms with Gasteiger partial charge in [-0.3, -0.25) is 9.59 Å². The van der Waals surface area contributed by atoms with Crippen molar-refractivity contribution in [3.05, 3.63) is 100 Å². The van der Waals surface area contributed by atoms with Crippen LogP contribution < -0.4 is 15.5 Å². The highest BCUT2D eigenvalue weighted by atomic mass is 16.5. The minimum atomic E-state index is -0.491. The van der Waals surface area contributed by atoms with E-state index in [1.165, 1.54) is 6.07 Å². The number of benzene rings is 3. The molecule has 138 valence electrons. The van der Waals surface area contributed by atoms with Crippen LogP contribution in [0.3, 0.4) is 0 Å². The van der Waals surface area contributed by atoms with E-state index in [0.717, 1.165) is 11.3 Å². The Kier molecular flexibility index (Phi) is 4.64. The van der Waals surface area contributed by atoms with Crippen molar-refractivity contribution in [2.45, 2.75) is 6.92 Å². The fourth-order valence-electron chi connectivity index (χ4n) is 2.83. The van der Waals surface area contributed by atoms with Crippen molar-refractivity contribution in [2.75, 3.05) is 5.32 Å². The largest absolute Gasteiger partial charge is 0.457 e. The number of para-hydroxylation sites is 1. The van der Waals surface area contributed by atoms with Crippen LogP contribution in [-0.2, 0) is 0 Å². The van der Waals surface area contributed by atoms with Gasteiger partial charge in [0.25, 0.3) is 5.91 Å². The first-order chi connectivity index (χ1) is 13.6. The third-order valence-electron chi connectivity index (χ3n) is 4.20. The van der Waals surface area contributed by atoms with Gasteiger partial charge in [0.15, 0.2) is 11.2 Å². The molecular formula is C23H17NO4. The van der Waals surface area contributed by atoms with Gasteiger partial charge in [-0.2, -0.15) is 0 Å². The number of rotatable bonds is 4. The summed E-state index contributed by atoms with van der Waals surface area (Å²) in [5.74, 6) is 0.870. The predicted molar refractivity (Wildman–Crippen MR) is 108 cm³/mol. The lowest BCUT2D eigenvalue weighted by molar-refractivity contribution is 0.0997. The predicted octanol–water partition coefficient (Wildman–Crippen LogP) is 5.15. The van der Waals surface area contributed by atoms with Crippen LogP contribution in [0.25, 0.3) is 11.0 Å². The van der Waals surface area contributed by atoms with E-state index < -0.39 is 5.91 Å². The molecule has 1 amide bonds. The zero-order valence-electron chi connectivity index (χ0n) is 15.1. The monoisotopic (exact) mass is 371 g/mol. The Morgan fingerprint density at radius 2 is 1.68 bits per heavy atom. The summed E-state index contributed by atoms with van der Waals surface area (Å²) in [6.45, 7) is 2.00. The van der Waals surface area contributed by atoms with Gasteiger partial charge in [-0.25, -0.2) is 0 Å². The summed E-state index contributed by atoms with van der Waals surface area (Å²) in [7, 11) is 0. The molecule has 4 aromatic rings. The molecule has 0 spiro atoms. The normalized spacial score (nSPS) is 10.6. The number of ether oxygens (including phenoxy) is 1. The molecule has 0 fully saturated rings. The highest BCUT2D eigenvalue weighted by molar-refractivity contribution is 6.03. The van der Waals surface area contributed by atoms with Crippen molar-refractivity contribution in [3.8, 4) is 11.5 Å². The third kappa shape index (κ3) is 3.78. The number of nitrogens with one attached hydrogen (secondary N) is 1. The van der Waals surface area contributed by atoms with E-state index in [4.69, 9.17) is 9.15 Å². The van der Waals surface area contributed by atoms with Gasteiger partial charge in [0.2, 0.25) is 0 Å². The Hall–Kier alpha value is -3.86. The standard InChI is InChI=1S/C23H17NO4/c1-15-5-4-6-18(13-15)27-17-11-9-16(10-12-17)24-23(26)22-14-20(25)19-7-2-3-8-21(19)28-22/h2-14H,1H3,(H,24,26). The van der Waals surface area contributed by atoms with Gasteiger partial charge >= 0.3 is 0 Å². The van der Waals surface area contributed by atoms with Gasteiger partial charge in [-0.05, 0) is 61.0 Å². The fraction of sp³-hybridized carbons (Fsp3) is 0.0435. The van der Waals surface area contributed by atoms with E-state index in [9.17, 15) is 9.59 Å². The Labute approximate surface area is 161 Å². The second kappa shape index (κ2) is 7.40. The van der Waals surface area contributed by atoms with Crippen LogP contribution in [0, 0.1) is 6.92 Å². The summed E-state index contributed by atoms with van der Waals surface area (Å²) < 4.78 is 11.3. The smallest absolute Gasteiger partial charge is 0.291 e. The van der Waals surface area contributed by atoms with Crippen LogP contribution >= 0.6 is 0 Å². The zero-order valence-corrected chi connectivity index (χ0v) is 15.1. The molecule has 3 aromatic carbocycles. The highest BCUT2D eigenvalue weighted by Crippen LogP contribution is 2.24. The number of fused-ring (bicyclic) bond motifs is 1. The van der Waals surface area contributed by atoms with Gasteiger partial charge < -0.3 is 14.5 Å². The number of hydrogen-bond donors (Lipinski definition) is 1. The molecule has 0 aliphatic carbocycles.